The van der Waals surface area contributed by atoms with Gasteiger partial charge in [-0.3, -0.25) is 4.98 Å². The number of pyridine rings is 1. The molecule has 0 unspecified atom stereocenters. The van der Waals surface area contributed by atoms with E-state index in [1.807, 2.05) is 26.1 Å². The van der Waals surface area contributed by atoms with Crippen LogP contribution in [0.15, 0.2) is 407 Å². The van der Waals surface area contributed by atoms with Gasteiger partial charge in [0, 0.05) is 11.9 Å². The van der Waals surface area contributed by atoms with Gasteiger partial charge in [-0.1, -0.05) is 483 Å². The lowest BCUT2D eigenvalue weighted by Gasteiger charge is -2.06. The molecule has 0 saturated heterocycles. The van der Waals surface area contributed by atoms with Crippen molar-refractivity contribution in [2.75, 3.05) is 0 Å². The van der Waals surface area contributed by atoms with Crippen LogP contribution in [0, 0.1) is 125 Å². The topological polar surface area (TPSA) is 12.9 Å². The monoisotopic (exact) mass is 1560 g/mol. The van der Waals surface area contributed by atoms with E-state index in [-0.39, 0.29) is 0 Å². The molecule has 0 bridgehead atoms. The van der Waals surface area contributed by atoms with Crippen molar-refractivity contribution in [3.05, 3.63) is 507 Å². The third-order valence-corrected chi connectivity index (χ3v) is 20.3. The minimum absolute atomic E-state index is 1.08. The number of aromatic nitrogens is 1. The summed E-state index contributed by atoms with van der Waals surface area (Å²) in [6.07, 6.45) is 1.87. The van der Waals surface area contributed by atoms with Crippen molar-refractivity contribution in [2.45, 2.75) is 125 Å². The molecule has 1 aromatic heterocycles. The van der Waals surface area contributed by atoms with Crippen LogP contribution in [0.5, 0.6) is 0 Å². The number of hydrogen-bond donors (Lipinski definition) is 0. The fourth-order valence-electron chi connectivity index (χ4n) is 13.2. The number of aryl methyl sites for hydroxylation is 18. The summed E-state index contributed by atoms with van der Waals surface area (Å²) < 4.78 is 0. The fourth-order valence-corrected chi connectivity index (χ4v) is 13.2. The molecule has 0 fully saturated rings. The third-order valence-electron chi connectivity index (χ3n) is 20.3. The number of benzene rings is 16. The molecule has 1 heteroatoms. The van der Waals surface area contributed by atoms with Gasteiger partial charge >= 0.3 is 0 Å². The summed E-state index contributed by atoms with van der Waals surface area (Å²) in [5, 5.41) is 0. The minimum atomic E-state index is 1.08. The Morgan fingerprint density at radius 3 is 0.383 bits per heavy atom. The molecule has 0 saturated carbocycles. The van der Waals surface area contributed by atoms with Crippen molar-refractivity contribution >= 4 is 0 Å². The van der Waals surface area contributed by atoms with Crippen molar-refractivity contribution in [1.82, 2.24) is 4.98 Å². The molecule has 17 aromatic rings. The Hall–Kier alpha value is -13.3. The predicted molar refractivity (Wildman–Crippen MR) is 525 cm³/mol. The molecule has 0 spiro atoms. The van der Waals surface area contributed by atoms with Gasteiger partial charge in [0.05, 0.1) is 0 Å². The molecule has 0 aliphatic rings. The SMILES string of the molecule is Cc1ccc(-c2ccc(-c3cccc(C)c3)cc2)cc1.Cc1ccc(-c2ccc(C)cc2)cc1.Cc1ccc(-c2cccc(C)c2)cc1.Cc1ccc(-c2cccc(C)c2)cc1.Cc1ccc(C)cc1.Cc1ccc(C)nc1.Cc1cccc(-c2ccc(-c3cccc(C)c3)cc2)c1.Cc1cccc(-c2cccc(C)c2)c1.Cc1cccc(C)c1. The van der Waals surface area contributed by atoms with Gasteiger partial charge in [-0.25, -0.2) is 0 Å². The zero-order valence-corrected chi connectivity index (χ0v) is 74.1. The van der Waals surface area contributed by atoms with Crippen molar-refractivity contribution in [3.63, 3.8) is 0 Å². The normalized spacial score (nSPS) is 10.1. The highest BCUT2D eigenvalue weighted by Crippen LogP contribution is 2.30. The first-order valence-corrected chi connectivity index (χ1v) is 41.8. The highest BCUT2D eigenvalue weighted by atomic mass is 14.6. The second-order valence-electron chi connectivity index (χ2n) is 31.9. The lowest BCUT2D eigenvalue weighted by Crippen LogP contribution is -1.82. The van der Waals surface area contributed by atoms with Crippen molar-refractivity contribution in [2.24, 2.45) is 0 Å². The number of hydrogen-bond acceptors (Lipinski definition) is 1. The van der Waals surface area contributed by atoms with Crippen LogP contribution < -0.4 is 0 Å². The van der Waals surface area contributed by atoms with E-state index in [2.05, 4.69) is 510 Å². The molecule has 0 N–H and O–H groups in total. The van der Waals surface area contributed by atoms with Crippen molar-refractivity contribution in [1.29, 1.82) is 0 Å². The Morgan fingerprint density at radius 1 is 0.108 bits per heavy atom. The van der Waals surface area contributed by atoms with E-state index in [4.69, 9.17) is 0 Å². The fraction of sp³-hybridized carbons (Fsp3) is 0.151. The van der Waals surface area contributed by atoms with Gasteiger partial charge in [-0.2, -0.15) is 0 Å². The molecule has 17 rings (SSSR count). The Labute approximate surface area is 720 Å². The summed E-state index contributed by atoms with van der Waals surface area (Å²) in [4.78, 5) is 4.08. The van der Waals surface area contributed by atoms with Crippen LogP contribution in [0.3, 0.4) is 0 Å². The van der Waals surface area contributed by atoms with Gasteiger partial charge in [0.15, 0.2) is 0 Å². The van der Waals surface area contributed by atoms with Gasteiger partial charge in [-0.15, -0.1) is 0 Å². The van der Waals surface area contributed by atoms with Crippen LogP contribution in [-0.2, 0) is 0 Å². The molecule has 0 aliphatic heterocycles. The summed E-state index contributed by atoms with van der Waals surface area (Å²) in [7, 11) is 0. The van der Waals surface area contributed by atoms with Crippen molar-refractivity contribution < 1.29 is 0 Å². The largest absolute Gasteiger partial charge is 0.261 e. The summed E-state index contributed by atoms with van der Waals surface area (Å²) >= 11 is 0. The van der Waals surface area contributed by atoms with Crippen LogP contribution in [0.1, 0.15) is 100 Å². The zero-order chi connectivity index (χ0) is 85.7. The zero-order valence-electron chi connectivity index (χ0n) is 74.1. The molecule has 120 heavy (non-hydrogen) atoms. The van der Waals surface area contributed by atoms with E-state index in [9.17, 15) is 0 Å². The molecule has 1 nitrogen and oxygen atoms in total. The minimum Gasteiger partial charge on any atom is -0.261 e. The lowest BCUT2D eigenvalue weighted by molar-refractivity contribution is 1.17. The maximum atomic E-state index is 4.08. The first kappa shape index (κ1) is 90.6. The second-order valence-corrected chi connectivity index (χ2v) is 31.9. The summed E-state index contributed by atoms with van der Waals surface area (Å²) in [6, 6.07) is 142. The van der Waals surface area contributed by atoms with Crippen LogP contribution in [-0.4, -0.2) is 4.98 Å². The van der Waals surface area contributed by atoms with E-state index < -0.39 is 0 Å². The molecule has 0 amide bonds. The molecule has 1 heterocycles. The standard InChI is InChI=1S/2C20H18.4C14H14.2C8H10.C7H9N/c1-15-5-3-7-19(13-15)17-9-11-18(12-10-17)20-8-4-6-16(2)14-20;1-15-6-8-17(9-7-15)18-10-12-19(13-11-18)20-5-3-4-16(2)14-20;1-11-3-7-13(8-4-11)14-9-5-12(2)6-10-14;1-11-5-3-7-13(9-11)14-8-4-6-12(2)10-14;2*1-11-6-8-13(9-7-11)14-5-3-4-12(2)10-14;1-7-3-5-8(2)6-4-7;1-7-4-3-5-8(2)6-7;1-6-3-4-7(2)8-5-6/h2*3-14H,1-2H3;4*3-10H,1-2H3;2*3-6H,1-2H3;3-5H,1-2H3. The van der Waals surface area contributed by atoms with Crippen LogP contribution >= 0.6 is 0 Å². The van der Waals surface area contributed by atoms with Crippen LogP contribution in [0.2, 0.25) is 0 Å². The van der Waals surface area contributed by atoms with E-state index in [0.29, 0.717) is 0 Å². The Morgan fingerprint density at radius 2 is 0.242 bits per heavy atom. The molecular weight excluding hydrogens is 1440 g/mol. The molecule has 602 valence electrons. The van der Waals surface area contributed by atoms with Crippen molar-refractivity contribution in [3.8, 4) is 89.0 Å². The highest BCUT2D eigenvalue weighted by molar-refractivity contribution is 5.74. The molecule has 0 atom stereocenters. The molecule has 0 radical (unpaired) electrons. The maximum Gasteiger partial charge on any atom is 0.0372 e. The van der Waals surface area contributed by atoms with Gasteiger partial charge in [0.25, 0.3) is 0 Å². The average Bonchev–Trinajstić information content (AvgIpc) is 0.849. The Kier molecular flexibility index (Phi) is 35.6. The quantitative estimate of drug-likeness (QED) is 0.148. The average molecular weight is 1570 g/mol. The van der Waals surface area contributed by atoms with Gasteiger partial charge in [-0.05, 0) is 225 Å². The first-order valence-electron chi connectivity index (χ1n) is 41.8. The number of nitrogens with zero attached hydrogens (tertiary/aromatic N) is 1. The maximum absolute atomic E-state index is 4.08. The molecule has 0 aliphatic carbocycles. The first-order chi connectivity index (χ1) is 57.8. The Balaban J connectivity index is 0.000000156. The number of rotatable bonds is 8. The highest BCUT2D eigenvalue weighted by Gasteiger charge is 2.06. The summed E-state index contributed by atoms with van der Waals surface area (Å²) in [6.45, 7) is 37.9. The predicted octanol–water partition coefficient (Wildman–Crippen LogP) is 33.5. The lowest BCUT2D eigenvalue weighted by atomic mass is 9.99. The molecular formula is C119H121N. The van der Waals surface area contributed by atoms with Gasteiger partial charge in [0.1, 0.15) is 0 Å². The Bertz CT molecular complexity index is 5550. The van der Waals surface area contributed by atoms with Gasteiger partial charge in [0.2, 0.25) is 0 Å². The van der Waals surface area contributed by atoms with E-state index >= 15 is 0 Å². The van der Waals surface area contributed by atoms with E-state index in [0.717, 1.165) is 5.69 Å². The summed E-state index contributed by atoms with van der Waals surface area (Å²) in [5.41, 5.74) is 43.8. The smallest absolute Gasteiger partial charge is 0.0372 e. The third kappa shape index (κ3) is 31.6. The van der Waals surface area contributed by atoms with Crippen LogP contribution in [0.4, 0.5) is 0 Å². The van der Waals surface area contributed by atoms with E-state index in [1.54, 1.807) is 0 Å². The van der Waals surface area contributed by atoms with E-state index in [1.165, 1.54) is 184 Å². The molecule has 16 aromatic carbocycles. The second kappa shape index (κ2) is 47.2. The summed E-state index contributed by atoms with van der Waals surface area (Å²) in [5.74, 6) is 0. The van der Waals surface area contributed by atoms with Crippen LogP contribution in [0.25, 0.3) is 89.0 Å². The van der Waals surface area contributed by atoms with Gasteiger partial charge < -0.3 is 0 Å².